The first-order chi connectivity index (χ1) is 16.9. The third-order valence-corrected chi connectivity index (χ3v) is 6.74. The summed E-state index contributed by atoms with van der Waals surface area (Å²) in [5.41, 5.74) is 6.74. The van der Waals surface area contributed by atoms with E-state index < -0.39 is 23.0 Å². The van der Waals surface area contributed by atoms with Crippen LogP contribution in [0.15, 0.2) is 59.3 Å². The lowest BCUT2D eigenvalue weighted by molar-refractivity contribution is 0.280. The van der Waals surface area contributed by atoms with Crippen LogP contribution in [0.25, 0.3) is 0 Å². The van der Waals surface area contributed by atoms with Gasteiger partial charge in [-0.2, -0.15) is 15.8 Å². The van der Waals surface area contributed by atoms with E-state index in [-0.39, 0.29) is 29.5 Å². The van der Waals surface area contributed by atoms with Gasteiger partial charge in [-0.05, 0) is 60.6 Å². The Morgan fingerprint density at radius 2 is 1.83 bits per heavy atom. The highest BCUT2D eigenvalue weighted by Crippen LogP contribution is 2.56. The fourth-order valence-electron chi connectivity index (χ4n) is 5.10. The van der Waals surface area contributed by atoms with Crippen LogP contribution in [-0.2, 0) is 6.61 Å². The van der Waals surface area contributed by atoms with Gasteiger partial charge in [0.1, 0.15) is 24.2 Å². The number of benzene rings is 2. The molecule has 176 valence electrons. The predicted octanol–water partition coefficient (Wildman–Crippen LogP) is 5.15. The van der Waals surface area contributed by atoms with E-state index in [0.717, 1.165) is 30.5 Å². The highest BCUT2D eigenvalue weighted by Gasteiger charge is 2.53. The average molecular weight is 472 g/mol. The van der Waals surface area contributed by atoms with Crippen molar-refractivity contribution in [2.45, 2.75) is 31.8 Å². The molecule has 0 bridgehead atoms. The molecule has 0 aromatic heterocycles. The van der Waals surface area contributed by atoms with Gasteiger partial charge < -0.3 is 15.2 Å². The van der Waals surface area contributed by atoms with Crippen LogP contribution in [0, 0.1) is 57.0 Å². The molecule has 0 saturated heterocycles. The summed E-state index contributed by atoms with van der Waals surface area (Å²) < 4.78 is 38.3. The largest absolute Gasteiger partial charge is 0.496 e. The van der Waals surface area contributed by atoms with Gasteiger partial charge in [0.2, 0.25) is 0 Å². The summed E-state index contributed by atoms with van der Waals surface area (Å²) in [5.74, 6) is -2.08. The molecule has 0 radical (unpaired) electrons. The summed E-state index contributed by atoms with van der Waals surface area (Å²) in [6.07, 6.45) is 4.30. The van der Waals surface area contributed by atoms with Crippen LogP contribution in [0.4, 0.5) is 8.78 Å². The second-order valence-corrected chi connectivity index (χ2v) is 8.54. The number of fused-ring (bicyclic) bond motifs is 1. The van der Waals surface area contributed by atoms with Crippen LogP contribution in [0.3, 0.4) is 0 Å². The number of allylic oxidation sites excluding steroid dienone is 4. The number of methoxy groups -OCH3 is 1. The van der Waals surface area contributed by atoms with Gasteiger partial charge in [0.05, 0.1) is 30.5 Å². The normalized spacial score (nSPS) is 20.5. The Bertz CT molecular complexity index is 1350. The van der Waals surface area contributed by atoms with Gasteiger partial charge in [0.25, 0.3) is 0 Å². The Balaban J connectivity index is 1.81. The number of nitrogens with two attached hydrogens (primary N) is 1. The second kappa shape index (κ2) is 9.49. The van der Waals surface area contributed by atoms with Crippen molar-refractivity contribution >= 4 is 0 Å². The van der Waals surface area contributed by atoms with Crippen molar-refractivity contribution in [2.24, 2.45) is 17.1 Å². The molecule has 2 aromatic rings. The predicted molar refractivity (Wildman–Crippen MR) is 122 cm³/mol. The van der Waals surface area contributed by atoms with Crippen LogP contribution in [0.1, 0.15) is 36.3 Å². The molecule has 0 saturated carbocycles. The first kappa shape index (κ1) is 23.8. The highest BCUT2D eigenvalue weighted by molar-refractivity contribution is 5.59. The smallest absolute Gasteiger partial charge is 0.191 e. The van der Waals surface area contributed by atoms with Crippen LogP contribution >= 0.6 is 0 Å². The maximum absolute atomic E-state index is 14.1. The minimum Gasteiger partial charge on any atom is -0.496 e. The number of rotatable bonds is 5. The Hall–Kier alpha value is -4.35. The molecular weight excluding hydrogens is 450 g/mol. The van der Waals surface area contributed by atoms with Crippen LogP contribution in [0.5, 0.6) is 11.5 Å². The van der Waals surface area contributed by atoms with E-state index in [9.17, 15) is 24.6 Å². The molecule has 0 spiro atoms. The topological polar surface area (TPSA) is 116 Å². The number of hydrogen-bond donors (Lipinski definition) is 1. The third kappa shape index (κ3) is 3.96. The van der Waals surface area contributed by atoms with Gasteiger partial charge in [0.15, 0.2) is 17.0 Å². The van der Waals surface area contributed by atoms with E-state index in [4.69, 9.17) is 15.2 Å². The molecule has 4 rings (SSSR count). The molecule has 35 heavy (non-hydrogen) atoms. The molecule has 0 aliphatic heterocycles. The van der Waals surface area contributed by atoms with Crippen LogP contribution in [-0.4, -0.2) is 7.11 Å². The number of hydrogen-bond acceptors (Lipinski definition) is 6. The van der Waals surface area contributed by atoms with E-state index in [2.05, 4.69) is 18.2 Å². The van der Waals surface area contributed by atoms with E-state index >= 15 is 0 Å². The Labute approximate surface area is 202 Å². The van der Waals surface area contributed by atoms with Gasteiger partial charge in [-0.1, -0.05) is 12.1 Å². The Morgan fingerprint density at radius 3 is 2.49 bits per heavy atom. The van der Waals surface area contributed by atoms with E-state index in [1.807, 2.05) is 6.08 Å². The molecular formula is C27H22F2N4O2. The van der Waals surface area contributed by atoms with Crippen molar-refractivity contribution in [1.82, 2.24) is 0 Å². The van der Waals surface area contributed by atoms with Crippen LogP contribution in [0.2, 0.25) is 0 Å². The molecule has 8 heteroatoms. The fourth-order valence-corrected chi connectivity index (χ4v) is 5.10. The Morgan fingerprint density at radius 1 is 1.09 bits per heavy atom. The van der Waals surface area contributed by atoms with E-state index in [1.54, 1.807) is 18.2 Å². The van der Waals surface area contributed by atoms with Crippen molar-refractivity contribution < 1.29 is 18.3 Å². The summed E-state index contributed by atoms with van der Waals surface area (Å²) in [6, 6.07) is 14.6. The molecule has 0 unspecified atom stereocenters. The molecule has 0 amide bonds. The van der Waals surface area contributed by atoms with Crippen molar-refractivity contribution in [2.75, 3.05) is 7.11 Å². The van der Waals surface area contributed by atoms with Gasteiger partial charge in [-0.3, -0.25) is 0 Å². The minimum atomic E-state index is -1.74. The van der Waals surface area contributed by atoms with E-state index in [1.165, 1.54) is 13.2 Å². The zero-order chi connectivity index (χ0) is 25.2. The summed E-state index contributed by atoms with van der Waals surface area (Å²) in [6.45, 7) is -0.0967. The highest BCUT2D eigenvalue weighted by atomic mass is 19.1. The molecule has 0 fully saturated rings. The molecule has 0 heterocycles. The van der Waals surface area contributed by atoms with Crippen molar-refractivity contribution in [3.8, 4) is 29.7 Å². The lowest BCUT2D eigenvalue weighted by Crippen LogP contribution is -2.42. The molecule has 2 atom stereocenters. The molecule has 2 aromatic carbocycles. The quantitative estimate of drug-likeness (QED) is 0.644. The summed E-state index contributed by atoms with van der Waals surface area (Å²) in [5, 5.41) is 30.1. The van der Waals surface area contributed by atoms with Gasteiger partial charge >= 0.3 is 0 Å². The lowest BCUT2D eigenvalue weighted by Gasteiger charge is -2.43. The van der Waals surface area contributed by atoms with Gasteiger partial charge in [0, 0.05) is 17.5 Å². The number of nitriles is 3. The number of ether oxygens (including phenoxy) is 2. The molecule has 6 nitrogen and oxygen atoms in total. The maximum atomic E-state index is 14.1. The van der Waals surface area contributed by atoms with Gasteiger partial charge in [-0.25, -0.2) is 8.78 Å². The standard InChI is InChI=1S/C27H22F2N4O2/c1-34-23-8-6-16(10-17(23)13-35-24-9-7-18(28)11-22(24)29)25-20-5-3-2-4-19(20)21(12-30)26(33)27(25,14-31)15-32/h4,6-11,20,25H,2-3,5,13,33H2,1H3/t20-,25+/m1/s1. The molecule has 2 N–H and O–H groups in total. The Kier molecular flexibility index (Phi) is 6.45. The number of nitrogens with zero attached hydrogens (tertiary/aromatic N) is 3. The van der Waals surface area contributed by atoms with Crippen molar-refractivity contribution in [1.29, 1.82) is 15.8 Å². The summed E-state index contributed by atoms with van der Waals surface area (Å²) >= 11 is 0. The minimum absolute atomic E-state index is 0.0404. The summed E-state index contributed by atoms with van der Waals surface area (Å²) in [7, 11) is 1.48. The van der Waals surface area contributed by atoms with Gasteiger partial charge in [-0.15, -0.1) is 0 Å². The fraction of sp³-hybridized carbons (Fsp3) is 0.296. The average Bonchev–Trinajstić information content (AvgIpc) is 2.87. The van der Waals surface area contributed by atoms with Crippen molar-refractivity contribution in [3.05, 3.63) is 82.1 Å². The second-order valence-electron chi connectivity index (χ2n) is 8.54. The first-order valence-electron chi connectivity index (χ1n) is 11.1. The molecule has 2 aliphatic carbocycles. The van der Waals surface area contributed by atoms with E-state index in [0.29, 0.717) is 23.3 Å². The monoisotopic (exact) mass is 472 g/mol. The maximum Gasteiger partial charge on any atom is 0.191 e. The first-order valence-corrected chi connectivity index (χ1v) is 11.1. The summed E-state index contributed by atoms with van der Waals surface area (Å²) in [4.78, 5) is 0. The number of halogens is 2. The van der Waals surface area contributed by atoms with Crippen LogP contribution < -0.4 is 15.2 Å². The SMILES string of the molecule is COc1ccc([C@H]2[C@@H]3CCCC=C3C(C#N)=C(N)C2(C#N)C#N)cc1COc1ccc(F)cc1F. The third-order valence-electron chi connectivity index (χ3n) is 6.74. The zero-order valence-corrected chi connectivity index (χ0v) is 19.0. The molecule has 2 aliphatic rings. The zero-order valence-electron chi connectivity index (χ0n) is 19.0. The lowest BCUT2D eigenvalue weighted by atomic mass is 9.56. The van der Waals surface area contributed by atoms with Crippen molar-refractivity contribution in [3.63, 3.8) is 0 Å².